The number of thioether (sulfide) groups is 2. The molecule has 226 valence electrons. The lowest BCUT2D eigenvalue weighted by Gasteiger charge is -2.25. The lowest BCUT2D eigenvalue weighted by Crippen LogP contribution is -2.38. The van der Waals surface area contributed by atoms with E-state index in [2.05, 4.69) is 4.98 Å². The molecule has 2 aliphatic rings. The lowest BCUT2D eigenvalue weighted by atomic mass is 9.99. The zero-order valence-corrected chi connectivity index (χ0v) is 26.1. The zero-order chi connectivity index (χ0) is 30.3. The molecular weight excluding hydrogens is 588 g/mol. The van der Waals surface area contributed by atoms with E-state index in [4.69, 9.17) is 24.0 Å². The number of hydrogen-bond acceptors (Lipinski definition) is 13. The molecule has 40 heavy (non-hydrogen) atoms. The zero-order valence-electron chi connectivity index (χ0n) is 23.5. The van der Waals surface area contributed by atoms with Gasteiger partial charge in [-0.3, -0.25) is 27.7 Å². The number of aliphatic hydroxyl groups is 1. The number of halogens is 1. The van der Waals surface area contributed by atoms with E-state index < -0.39 is 54.0 Å². The predicted octanol–water partition coefficient (Wildman–Crippen LogP) is 3.33. The molecule has 1 aromatic rings. The van der Waals surface area contributed by atoms with Crippen LogP contribution in [0.3, 0.4) is 0 Å². The van der Waals surface area contributed by atoms with Crippen LogP contribution in [0.15, 0.2) is 17.1 Å². The van der Waals surface area contributed by atoms with Crippen LogP contribution in [-0.2, 0) is 32.5 Å². The molecule has 2 fully saturated rings. The molecule has 1 unspecified atom stereocenters. The molecule has 1 aromatic heterocycles. The van der Waals surface area contributed by atoms with Gasteiger partial charge in [0.2, 0.25) is 0 Å². The van der Waals surface area contributed by atoms with Crippen LogP contribution in [0.2, 0.25) is 0 Å². The highest BCUT2D eigenvalue weighted by Crippen LogP contribution is 2.69. The highest BCUT2D eigenvalue weighted by atomic mass is 32.2. The van der Waals surface area contributed by atoms with Crippen molar-refractivity contribution in [2.24, 2.45) is 10.8 Å². The molecule has 1 saturated heterocycles. The van der Waals surface area contributed by atoms with Crippen molar-refractivity contribution in [3.05, 3.63) is 22.7 Å². The number of phosphoric ester groups is 1. The number of carbonyl (C=O) groups excluding carboxylic acids is 2. The molecule has 12 nitrogen and oxygen atoms in total. The van der Waals surface area contributed by atoms with E-state index >= 15 is 4.39 Å². The van der Waals surface area contributed by atoms with Crippen LogP contribution in [0.4, 0.5) is 10.2 Å². The maximum atomic E-state index is 15.5. The minimum atomic E-state index is -4.44. The van der Waals surface area contributed by atoms with Crippen LogP contribution >= 0.6 is 31.3 Å². The van der Waals surface area contributed by atoms with Crippen molar-refractivity contribution in [2.45, 2.75) is 78.2 Å². The molecular formula is C24H37FN3O9PS2. The summed E-state index contributed by atoms with van der Waals surface area (Å²) in [5.74, 6) is 0.201. The fourth-order valence-electron chi connectivity index (χ4n) is 3.89. The first kappa shape index (κ1) is 33.2. The second kappa shape index (κ2) is 11.8. The van der Waals surface area contributed by atoms with Gasteiger partial charge in [-0.25, -0.2) is 13.8 Å². The van der Waals surface area contributed by atoms with E-state index in [1.165, 1.54) is 19.2 Å². The SMILES string of the molecule is CC(C)(C)C(=O)SCCOP(=O)(OCCSC(=O)C(C)(C)C)OC1[C@@]2(C)O[C@@H](n3ccc(N)nc3=O)[C@H](F)[C@@]12O. The quantitative estimate of drug-likeness (QED) is 0.271. The Hall–Kier alpha value is -1.32. The summed E-state index contributed by atoms with van der Waals surface area (Å²) in [6.07, 6.45) is -3.98. The number of fused-ring (bicyclic) bond motifs is 1. The molecule has 5 atom stereocenters. The molecule has 0 spiro atoms. The van der Waals surface area contributed by atoms with Crippen molar-refractivity contribution in [1.82, 2.24) is 9.55 Å². The maximum Gasteiger partial charge on any atom is 0.475 e. The number of phosphoric acid groups is 1. The van der Waals surface area contributed by atoms with Gasteiger partial charge >= 0.3 is 13.5 Å². The number of nitrogen functional groups attached to an aromatic ring is 1. The first-order valence-corrected chi connectivity index (χ1v) is 16.0. The normalized spacial score (nSPS) is 28.4. The molecule has 16 heteroatoms. The van der Waals surface area contributed by atoms with Gasteiger partial charge in [-0.15, -0.1) is 0 Å². The molecule has 0 amide bonds. The maximum absolute atomic E-state index is 15.5. The van der Waals surface area contributed by atoms with Crippen molar-refractivity contribution in [3.8, 4) is 0 Å². The summed E-state index contributed by atoms with van der Waals surface area (Å²) in [5, 5.41) is 10.9. The number of carbonyl (C=O) groups is 2. The number of alkyl halides is 1. The standard InChI is InChI=1S/C24H37FN3O9PS2/c1-21(2,3)18(29)39-12-10-34-38(33,35-11-13-40-19(30)22(4,5)6)37-17-23(7)24(17,32)15(25)16(36-23)28-9-8-14(26)27-20(28)31/h8-9,15-17,32H,10-13H2,1-7H3,(H2,26,27,31)/t15-,16+,17?,23+,24+/m0/s1. The summed E-state index contributed by atoms with van der Waals surface area (Å²) in [6, 6.07) is 1.28. The van der Waals surface area contributed by atoms with Crippen molar-refractivity contribution in [3.63, 3.8) is 0 Å². The van der Waals surface area contributed by atoms with Crippen molar-refractivity contribution in [1.29, 1.82) is 0 Å². The first-order valence-electron chi connectivity index (χ1n) is 12.6. The van der Waals surface area contributed by atoms with E-state index in [1.54, 1.807) is 41.5 Å². The Balaban J connectivity index is 1.70. The third kappa shape index (κ3) is 6.83. The number of rotatable bonds is 11. The first-order chi connectivity index (χ1) is 18.3. The molecule has 0 radical (unpaired) electrons. The predicted molar refractivity (Wildman–Crippen MR) is 150 cm³/mol. The summed E-state index contributed by atoms with van der Waals surface area (Å²) < 4.78 is 52.1. The van der Waals surface area contributed by atoms with Gasteiger partial charge in [-0.05, 0) is 13.0 Å². The van der Waals surface area contributed by atoms with Crippen LogP contribution < -0.4 is 11.4 Å². The van der Waals surface area contributed by atoms with E-state index in [1.807, 2.05) is 0 Å². The molecule has 2 heterocycles. The van der Waals surface area contributed by atoms with Gasteiger partial charge in [0.15, 0.2) is 28.2 Å². The number of hydrogen-bond donors (Lipinski definition) is 2. The minimum Gasteiger partial charge on any atom is -0.383 e. The summed E-state index contributed by atoms with van der Waals surface area (Å²) in [6.45, 7) is 11.5. The van der Waals surface area contributed by atoms with Crippen molar-refractivity contribution < 1.29 is 42.0 Å². The van der Waals surface area contributed by atoms with Crippen LogP contribution in [0.1, 0.15) is 54.7 Å². The summed E-state index contributed by atoms with van der Waals surface area (Å²) in [4.78, 5) is 40.1. The lowest BCUT2D eigenvalue weighted by molar-refractivity contribution is -0.118. The van der Waals surface area contributed by atoms with Crippen molar-refractivity contribution in [2.75, 3.05) is 30.5 Å². The fraction of sp³-hybridized carbons (Fsp3) is 0.750. The van der Waals surface area contributed by atoms with Crippen LogP contribution in [-0.4, -0.2) is 73.1 Å². The summed E-state index contributed by atoms with van der Waals surface area (Å²) in [5.41, 5.74) is -0.549. The molecule has 3 N–H and O–H groups in total. The van der Waals surface area contributed by atoms with E-state index in [0.717, 1.165) is 28.1 Å². The highest BCUT2D eigenvalue weighted by Gasteiger charge is 2.88. The number of nitrogens with zero attached hydrogens (tertiary/aromatic N) is 2. The molecule has 0 bridgehead atoms. The van der Waals surface area contributed by atoms with Crippen LogP contribution in [0.5, 0.6) is 0 Å². The van der Waals surface area contributed by atoms with E-state index in [-0.39, 0.29) is 40.8 Å². The third-order valence-corrected chi connectivity index (χ3v) is 10.3. The number of anilines is 1. The Morgan fingerprint density at radius 3 is 2.05 bits per heavy atom. The number of aromatic nitrogens is 2. The van der Waals surface area contributed by atoms with E-state index in [0.29, 0.717) is 0 Å². The van der Waals surface area contributed by atoms with Gasteiger partial charge in [-0.1, -0.05) is 65.1 Å². The van der Waals surface area contributed by atoms with Gasteiger partial charge < -0.3 is 15.6 Å². The van der Waals surface area contributed by atoms with Gasteiger partial charge in [0, 0.05) is 28.5 Å². The molecule has 1 saturated carbocycles. The second-order valence-corrected chi connectivity index (χ2v) is 15.5. The summed E-state index contributed by atoms with van der Waals surface area (Å²) in [7, 11) is -4.44. The van der Waals surface area contributed by atoms with Gasteiger partial charge in [0.05, 0.1) is 13.2 Å². The Morgan fingerprint density at radius 1 is 1.15 bits per heavy atom. The monoisotopic (exact) mass is 625 g/mol. The van der Waals surface area contributed by atoms with Crippen molar-refractivity contribution >= 4 is 47.4 Å². The summed E-state index contributed by atoms with van der Waals surface area (Å²) >= 11 is 1.97. The Bertz CT molecular complexity index is 1200. The smallest absolute Gasteiger partial charge is 0.383 e. The number of ether oxygens (including phenoxy) is 1. The van der Waals surface area contributed by atoms with Gasteiger partial charge in [0.25, 0.3) is 0 Å². The van der Waals surface area contributed by atoms with Gasteiger partial charge in [0.1, 0.15) is 17.5 Å². The fourth-order valence-corrected chi connectivity index (χ4v) is 7.15. The van der Waals surface area contributed by atoms with Crippen LogP contribution in [0.25, 0.3) is 0 Å². The number of nitrogens with two attached hydrogens (primary N) is 1. The Labute approximate surface area is 240 Å². The third-order valence-electron chi connectivity index (χ3n) is 6.36. The highest BCUT2D eigenvalue weighted by molar-refractivity contribution is 8.14. The molecule has 3 rings (SSSR count). The minimum absolute atomic E-state index is 0.0640. The topological polar surface area (TPSA) is 169 Å². The largest absolute Gasteiger partial charge is 0.475 e. The Morgan fingerprint density at radius 2 is 1.65 bits per heavy atom. The molecule has 1 aliphatic heterocycles. The van der Waals surface area contributed by atoms with E-state index in [9.17, 15) is 24.1 Å². The van der Waals surface area contributed by atoms with Gasteiger partial charge in [-0.2, -0.15) is 4.98 Å². The Kier molecular flexibility index (Phi) is 9.75. The second-order valence-electron chi connectivity index (χ2n) is 11.8. The average Bonchev–Trinajstić information content (AvgIpc) is 3.19. The molecule has 1 aliphatic carbocycles. The van der Waals surface area contributed by atoms with Crippen LogP contribution in [0, 0.1) is 10.8 Å². The average molecular weight is 626 g/mol. The molecule has 0 aromatic carbocycles.